The fourth-order valence-corrected chi connectivity index (χ4v) is 0.748. The Morgan fingerprint density at radius 3 is 3.00 bits per heavy atom. The number of carbonyl (C=O) groups excluding carboxylic acids is 1. The van der Waals surface area contributed by atoms with E-state index < -0.39 is 18.4 Å². The van der Waals surface area contributed by atoms with E-state index in [0.29, 0.717) is 0 Å². The zero-order valence-electron chi connectivity index (χ0n) is 6.42. The summed E-state index contributed by atoms with van der Waals surface area (Å²) in [6.45, 7) is -0.282. The molecule has 0 bridgehead atoms. The van der Waals surface area contributed by atoms with Gasteiger partial charge in [0.1, 0.15) is 19.3 Å². The lowest BCUT2D eigenvalue weighted by molar-refractivity contribution is -0.123. The minimum absolute atomic E-state index is 0.249. The minimum atomic E-state index is -0.711. The molecular formula is C6H10N4O2. The second-order valence-electron chi connectivity index (χ2n) is 2.35. The number of nitrogens with two attached hydrogens (primary N) is 1. The molecule has 0 aliphatic rings. The van der Waals surface area contributed by atoms with E-state index in [2.05, 4.69) is 10.1 Å². The highest BCUT2D eigenvalue weighted by Gasteiger charge is 2.12. The predicted molar refractivity (Wildman–Crippen MR) is 40.1 cm³/mol. The van der Waals surface area contributed by atoms with E-state index in [1.807, 2.05) is 0 Å². The molecule has 1 aromatic rings. The highest BCUT2D eigenvalue weighted by molar-refractivity contribution is 5.84. The third kappa shape index (κ3) is 2.11. The number of hydrogen-bond acceptors (Lipinski definition) is 5. The van der Waals surface area contributed by atoms with Gasteiger partial charge in [-0.05, 0) is 0 Å². The van der Waals surface area contributed by atoms with Crippen molar-refractivity contribution in [1.82, 2.24) is 14.8 Å². The van der Waals surface area contributed by atoms with Crippen LogP contribution >= 0.6 is 0 Å². The number of aliphatic hydroxyl groups is 1. The molecule has 0 aromatic carbocycles. The van der Waals surface area contributed by atoms with E-state index in [1.165, 1.54) is 17.3 Å². The normalized spacial score (nSPS) is 12.8. The molecule has 6 nitrogen and oxygen atoms in total. The molecule has 0 saturated carbocycles. The van der Waals surface area contributed by atoms with Crippen LogP contribution in [0.5, 0.6) is 0 Å². The van der Waals surface area contributed by atoms with Gasteiger partial charge < -0.3 is 10.8 Å². The Bertz CT molecular complexity index is 246. The Morgan fingerprint density at radius 1 is 1.75 bits per heavy atom. The minimum Gasteiger partial charge on any atom is -0.389 e. The monoisotopic (exact) mass is 170 g/mol. The molecule has 1 rings (SSSR count). The van der Waals surface area contributed by atoms with Crippen molar-refractivity contribution in [3.05, 3.63) is 12.7 Å². The molecule has 0 aliphatic heterocycles. The van der Waals surface area contributed by atoms with Crippen LogP contribution in [-0.2, 0) is 11.3 Å². The first kappa shape index (κ1) is 8.82. The second-order valence-corrected chi connectivity index (χ2v) is 2.35. The molecule has 1 heterocycles. The van der Waals surface area contributed by atoms with E-state index in [1.54, 1.807) is 0 Å². The number of aromatic nitrogens is 3. The van der Waals surface area contributed by atoms with E-state index >= 15 is 0 Å². The Labute approximate surface area is 69.0 Å². The van der Waals surface area contributed by atoms with Crippen LogP contribution < -0.4 is 5.73 Å². The van der Waals surface area contributed by atoms with Gasteiger partial charge in [0.2, 0.25) is 0 Å². The van der Waals surface area contributed by atoms with Crippen molar-refractivity contribution in [1.29, 1.82) is 0 Å². The number of ketones is 1. The second kappa shape index (κ2) is 3.93. The van der Waals surface area contributed by atoms with Crippen molar-refractivity contribution in [3.8, 4) is 0 Å². The standard InChI is InChI=1S/C6H10N4O2/c7-5(6(12)2-11)1-10-4-8-3-9-10/h3-5,11H,1-2,7H2/t5-/m0/s1. The highest BCUT2D eigenvalue weighted by Crippen LogP contribution is 1.87. The van der Waals surface area contributed by atoms with Crippen LogP contribution in [0, 0.1) is 0 Å². The fraction of sp³-hybridized carbons (Fsp3) is 0.500. The molecule has 0 spiro atoms. The van der Waals surface area contributed by atoms with E-state index in [0.717, 1.165) is 0 Å². The molecule has 0 aliphatic carbocycles. The van der Waals surface area contributed by atoms with Crippen LogP contribution in [0.4, 0.5) is 0 Å². The number of carbonyl (C=O) groups is 1. The summed E-state index contributed by atoms with van der Waals surface area (Å²) in [4.78, 5) is 14.5. The van der Waals surface area contributed by atoms with Crippen molar-refractivity contribution in [2.24, 2.45) is 5.73 Å². The van der Waals surface area contributed by atoms with Gasteiger partial charge in [0, 0.05) is 0 Å². The Hall–Kier alpha value is -1.27. The summed E-state index contributed by atoms with van der Waals surface area (Å²) in [5, 5.41) is 12.2. The third-order valence-electron chi connectivity index (χ3n) is 1.42. The molecule has 0 saturated heterocycles. The highest BCUT2D eigenvalue weighted by atomic mass is 16.3. The maximum atomic E-state index is 10.8. The largest absolute Gasteiger partial charge is 0.389 e. The van der Waals surface area contributed by atoms with E-state index in [9.17, 15) is 4.79 Å². The number of nitrogens with zero attached hydrogens (tertiary/aromatic N) is 3. The SMILES string of the molecule is N[C@@H](Cn1cncn1)C(=O)CO. The molecule has 1 aromatic heterocycles. The Balaban J connectivity index is 2.47. The first-order valence-corrected chi connectivity index (χ1v) is 3.45. The van der Waals surface area contributed by atoms with Gasteiger partial charge in [0.15, 0.2) is 5.78 Å². The summed E-state index contributed by atoms with van der Waals surface area (Å²) in [6.07, 6.45) is 2.82. The molecule has 12 heavy (non-hydrogen) atoms. The van der Waals surface area contributed by atoms with E-state index in [-0.39, 0.29) is 6.54 Å². The summed E-state index contributed by atoms with van der Waals surface area (Å²) in [5.74, 6) is -0.398. The summed E-state index contributed by atoms with van der Waals surface area (Å²) in [5.41, 5.74) is 5.42. The first-order valence-electron chi connectivity index (χ1n) is 3.45. The molecule has 0 radical (unpaired) electrons. The van der Waals surface area contributed by atoms with E-state index in [4.69, 9.17) is 10.8 Å². The van der Waals surface area contributed by atoms with Crippen LogP contribution in [0.3, 0.4) is 0 Å². The van der Waals surface area contributed by atoms with Gasteiger partial charge >= 0.3 is 0 Å². The van der Waals surface area contributed by atoms with Crippen LogP contribution in [0.25, 0.3) is 0 Å². The average Bonchev–Trinajstić information content (AvgIpc) is 2.55. The van der Waals surface area contributed by atoms with Crippen LogP contribution in [0.2, 0.25) is 0 Å². The molecular weight excluding hydrogens is 160 g/mol. The van der Waals surface area contributed by atoms with Crippen LogP contribution in [0.1, 0.15) is 0 Å². The number of Topliss-reactive ketones (excluding diaryl/α,β-unsaturated/α-hetero) is 1. The van der Waals surface area contributed by atoms with Gasteiger partial charge in [-0.25, -0.2) is 4.98 Å². The Kier molecular flexibility index (Phi) is 2.89. The lowest BCUT2D eigenvalue weighted by Gasteiger charge is -2.07. The predicted octanol–water partition coefficient (Wildman–Crippen LogP) is -1.83. The van der Waals surface area contributed by atoms with Gasteiger partial charge in [-0.1, -0.05) is 0 Å². The van der Waals surface area contributed by atoms with Crippen molar-refractivity contribution in [2.45, 2.75) is 12.6 Å². The first-order chi connectivity index (χ1) is 5.74. The fourth-order valence-electron chi connectivity index (χ4n) is 0.748. The maximum absolute atomic E-state index is 10.8. The summed E-state index contributed by atoms with van der Waals surface area (Å²) < 4.78 is 1.44. The topological polar surface area (TPSA) is 94.0 Å². The van der Waals surface area contributed by atoms with Gasteiger partial charge in [-0.2, -0.15) is 5.10 Å². The molecule has 66 valence electrons. The zero-order chi connectivity index (χ0) is 8.97. The molecule has 0 amide bonds. The lowest BCUT2D eigenvalue weighted by Crippen LogP contribution is -2.36. The van der Waals surface area contributed by atoms with Crippen molar-refractivity contribution in [3.63, 3.8) is 0 Å². The van der Waals surface area contributed by atoms with Crippen LogP contribution in [0.15, 0.2) is 12.7 Å². The van der Waals surface area contributed by atoms with Gasteiger partial charge in [0.05, 0.1) is 12.6 Å². The number of aliphatic hydroxyl groups excluding tert-OH is 1. The Morgan fingerprint density at radius 2 is 2.50 bits per heavy atom. The number of rotatable bonds is 4. The van der Waals surface area contributed by atoms with Crippen molar-refractivity contribution < 1.29 is 9.90 Å². The van der Waals surface area contributed by atoms with Gasteiger partial charge in [0.25, 0.3) is 0 Å². The maximum Gasteiger partial charge on any atom is 0.176 e. The quantitative estimate of drug-likeness (QED) is 0.554. The molecule has 0 unspecified atom stereocenters. The van der Waals surface area contributed by atoms with Gasteiger partial charge in [-0.15, -0.1) is 0 Å². The average molecular weight is 170 g/mol. The summed E-state index contributed by atoms with van der Waals surface area (Å²) >= 11 is 0. The number of hydrogen-bond donors (Lipinski definition) is 2. The van der Waals surface area contributed by atoms with Crippen LogP contribution in [-0.4, -0.2) is 38.3 Å². The lowest BCUT2D eigenvalue weighted by atomic mass is 10.2. The summed E-state index contributed by atoms with van der Waals surface area (Å²) in [6, 6.07) is -0.711. The molecule has 1 atom stereocenters. The smallest absolute Gasteiger partial charge is 0.176 e. The van der Waals surface area contributed by atoms with Gasteiger partial charge in [-0.3, -0.25) is 9.48 Å². The van der Waals surface area contributed by atoms with Crippen molar-refractivity contribution in [2.75, 3.05) is 6.61 Å². The van der Waals surface area contributed by atoms with Crippen molar-refractivity contribution >= 4 is 5.78 Å². The molecule has 0 fully saturated rings. The third-order valence-corrected chi connectivity index (χ3v) is 1.42. The molecule has 3 N–H and O–H groups in total. The summed E-state index contributed by atoms with van der Waals surface area (Å²) in [7, 11) is 0. The zero-order valence-corrected chi connectivity index (χ0v) is 6.42. The molecule has 6 heteroatoms.